The van der Waals surface area contributed by atoms with Crippen molar-refractivity contribution in [3.05, 3.63) is 0 Å². The van der Waals surface area contributed by atoms with Crippen molar-refractivity contribution in [1.29, 1.82) is 0 Å². The number of nitrogens with one attached hydrogen (secondary N) is 1. The Bertz CT molecular complexity index is 865. The lowest BCUT2D eigenvalue weighted by Crippen LogP contribution is -2.50. The quantitative estimate of drug-likeness (QED) is 0.116. The van der Waals surface area contributed by atoms with Gasteiger partial charge in [-0.05, 0) is 43.8 Å². The van der Waals surface area contributed by atoms with Crippen LogP contribution in [0.5, 0.6) is 0 Å². The summed E-state index contributed by atoms with van der Waals surface area (Å²) >= 11 is 1.10. The van der Waals surface area contributed by atoms with Crippen LogP contribution < -0.4 is 5.32 Å². The van der Waals surface area contributed by atoms with Gasteiger partial charge in [0.15, 0.2) is 0 Å². The molecule has 1 fully saturated rings. The number of hydrogen-bond acceptors (Lipinski definition) is 15. The van der Waals surface area contributed by atoms with Gasteiger partial charge in [-0.1, -0.05) is 13.8 Å². The standard InChI is InChI=1S/C24H38N2O12S2/c1-5-18(27)35-15-37-22(31)39-14-17(20(29)34-11-7-8-26-9-12-33-13-10-26)25-21(30)24(3,4)40-23(32)38-16-36-19(28)6-2/h17H,5-16H2,1-4H3,(H,25,30)/t17-/m0/s1. The Kier molecular flexibility index (Phi) is 17.3. The normalized spacial score (nSPS) is 14.4. The summed E-state index contributed by atoms with van der Waals surface area (Å²) in [4.78, 5) is 74.4. The molecule has 40 heavy (non-hydrogen) atoms. The van der Waals surface area contributed by atoms with Gasteiger partial charge in [0.2, 0.25) is 19.5 Å². The van der Waals surface area contributed by atoms with Crippen molar-refractivity contribution in [2.24, 2.45) is 0 Å². The van der Waals surface area contributed by atoms with Gasteiger partial charge in [-0.2, -0.15) is 0 Å². The van der Waals surface area contributed by atoms with Gasteiger partial charge in [0, 0.05) is 38.2 Å². The number of carbonyl (C=O) groups excluding carboxylic acids is 6. The lowest BCUT2D eigenvalue weighted by atomic mass is 10.2. The number of ether oxygens (including phenoxy) is 6. The van der Waals surface area contributed by atoms with Crippen LogP contribution in [0, 0.1) is 0 Å². The molecule has 16 heteroatoms. The van der Waals surface area contributed by atoms with Crippen LogP contribution in [0.1, 0.15) is 47.0 Å². The molecule has 0 bridgehead atoms. The predicted octanol–water partition coefficient (Wildman–Crippen LogP) is 2.08. The molecule has 228 valence electrons. The molecule has 0 spiro atoms. The molecule has 1 aliphatic rings. The van der Waals surface area contributed by atoms with Gasteiger partial charge in [-0.3, -0.25) is 19.3 Å². The minimum Gasteiger partial charge on any atom is -0.464 e. The van der Waals surface area contributed by atoms with Crippen LogP contribution >= 0.6 is 23.5 Å². The zero-order valence-electron chi connectivity index (χ0n) is 23.2. The maximum Gasteiger partial charge on any atom is 0.371 e. The fourth-order valence-corrected chi connectivity index (χ4v) is 4.18. The highest BCUT2D eigenvalue weighted by atomic mass is 32.2. The van der Waals surface area contributed by atoms with E-state index in [0.29, 0.717) is 49.7 Å². The molecule has 1 heterocycles. The van der Waals surface area contributed by atoms with Crippen LogP contribution in [0.3, 0.4) is 0 Å². The molecule has 1 atom stereocenters. The Morgan fingerprint density at radius 3 is 2.02 bits per heavy atom. The predicted molar refractivity (Wildman–Crippen MR) is 144 cm³/mol. The van der Waals surface area contributed by atoms with E-state index in [1.807, 2.05) is 0 Å². The summed E-state index contributed by atoms with van der Waals surface area (Å²) in [5, 5.41) is 0.806. The van der Waals surface area contributed by atoms with Crippen LogP contribution in [-0.4, -0.2) is 109 Å². The second kappa shape index (κ2) is 19.5. The number of hydrogen-bond donors (Lipinski definition) is 1. The highest BCUT2D eigenvalue weighted by Gasteiger charge is 2.36. The maximum absolute atomic E-state index is 13.0. The van der Waals surface area contributed by atoms with E-state index in [0.717, 1.165) is 13.1 Å². The smallest absolute Gasteiger partial charge is 0.371 e. The van der Waals surface area contributed by atoms with Gasteiger partial charge < -0.3 is 33.7 Å². The largest absolute Gasteiger partial charge is 0.464 e. The Morgan fingerprint density at radius 2 is 1.45 bits per heavy atom. The number of rotatable bonds is 16. The summed E-state index contributed by atoms with van der Waals surface area (Å²) in [7, 11) is 0. The average Bonchev–Trinajstić information content (AvgIpc) is 2.92. The SMILES string of the molecule is CCC(=O)OCOC(=O)SC[C@H](NC(=O)C(C)(C)SC(=O)OCOC(=O)CC)C(=O)OCCCN1CCOCC1. The van der Waals surface area contributed by atoms with Gasteiger partial charge in [0.25, 0.3) is 0 Å². The topological polar surface area (TPSA) is 173 Å². The zero-order valence-corrected chi connectivity index (χ0v) is 24.9. The number of nitrogens with zero attached hydrogens (tertiary/aromatic N) is 1. The maximum atomic E-state index is 13.0. The Morgan fingerprint density at radius 1 is 0.875 bits per heavy atom. The molecular weight excluding hydrogens is 572 g/mol. The van der Waals surface area contributed by atoms with E-state index in [-0.39, 0.29) is 25.2 Å². The van der Waals surface area contributed by atoms with Crippen molar-refractivity contribution in [1.82, 2.24) is 10.2 Å². The van der Waals surface area contributed by atoms with Crippen molar-refractivity contribution in [3.63, 3.8) is 0 Å². The second-order valence-corrected chi connectivity index (χ2v) is 11.2. The monoisotopic (exact) mass is 610 g/mol. The molecule has 0 unspecified atom stereocenters. The van der Waals surface area contributed by atoms with Gasteiger partial charge in [-0.15, -0.1) is 0 Å². The van der Waals surface area contributed by atoms with E-state index in [1.165, 1.54) is 13.8 Å². The van der Waals surface area contributed by atoms with Gasteiger partial charge in [0.1, 0.15) is 6.04 Å². The van der Waals surface area contributed by atoms with Crippen molar-refractivity contribution in [2.75, 3.05) is 58.8 Å². The molecule has 0 aliphatic carbocycles. The fourth-order valence-electron chi connectivity index (χ4n) is 2.85. The fraction of sp³-hybridized carbons (Fsp3) is 0.750. The Hall–Kier alpha value is -2.56. The summed E-state index contributed by atoms with van der Waals surface area (Å²) in [6.07, 6.45) is 0.778. The molecule has 0 aromatic carbocycles. The molecular formula is C24H38N2O12S2. The number of thioether (sulfide) groups is 2. The molecule has 0 aromatic heterocycles. The minimum atomic E-state index is -1.40. The molecule has 1 N–H and O–H groups in total. The Labute approximate surface area is 241 Å². The van der Waals surface area contributed by atoms with Crippen LogP contribution in [0.25, 0.3) is 0 Å². The molecule has 1 aliphatic heterocycles. The highest BCUT2D eigenvalue weighted by Crippen LogP contribution is 2.27. The van der Waals surface area contributed by atoms with Crippen LogP contribution in [-0.2, 0) is 47.6 Å². The number of amides is 1. The highest BCUT2D eigenvalue weighted by molar-refractivity contribution is 8.15. The molecule has 1 amide bonds. The third-order valence-electron chi connectivity index (χ3n) is 5.18. The summed E-state index contributed by atoms with van der Waals surface area (Å²) in [6, 6.07) is -1.26. The van der Waals surface area contributed by atoms with E-state index in [9.17, 15) is 28.8 Å². The molecule has 0 aromatic rings. The first-order valence-electron chi connectivity index (χ1n) is 12.7. The molecule has 14 nitrogen and oxygen atoms in total. The third-order valence-corrected chi connectivity index (χ3v) is 7.01. The molecule has 1 saturated heterocycles. The van der Waals surface area contributed by atoms with E-state index >= 15 is 0 Å². The lowest BCUT2D eigenvalue weighted by molar-refractivity contribution is -0.152. The molecule has 0 saturated carbocycles. The summed E-state index contributed by atoms with van der Waals surface area (Å²) in [5.41, 5.74) is 0. The van der Waals surface area contributed by atoms with Crippen molar-refractivity contribution in [2.45, 2.75) is 57.7 Å². The van der Waals surface area contributed by atoms with E-state index in [2.05, 4.69) is 19.7 Å². The first-order chi connectivity index (χ1) is 19.0. The summed E-state index contributed by atoms with van der Waals surface area (Å²) in [5.74, 6) is -2.83. The summed E-state index contributed by atoms with van der Waals surface area (Å²) in [6.45, 7) is 8.50. The van der Waals surface area contributed by atoms with Crippen molar-refractivity contribution in [3.8, 4) is 0 Å². The van der Waals surface area contributed by atoms with E-state index in [1.54, 1.807) is 13.8 Å². The zero-order chi connectivity index (χ0) is 30.0. The number of esters is 3. The van der Waals surface area contributed by atoms with Crippen LogP contribution in [0.4, 0.5) is 9.59 Å². The first-order valence-corrected chi connectivity index (χ1v) is 14.5. The molecule has 0 radical (unpaired) electrons. The number of morpholine rings is 1. The van der Waals surface area contributed by atoms with Crippen LogP contribution in [0.2, 0.25) is 0 Å². The molecule has 1 rings (SSSR count). The van der Waals surface area contributed by atoms with Gasteiger partial charge in [-0.25, -0.2) is 14.4 Å². The van der Waals surface area contributed by atoms with Gasteiger partial charge >= 0.3 is 28.5 Å². The first kappa shape index (κ1) is 35.5. The van der Waals surface area contributed by atoms with Crippen molar-refractivity contribution < 1.29 is 57.2 Å². The van der Waals surface area contributed by atoms with E-state index < -0.39 is 58.8 Å². The number of carbonyl (C=O) groups is 6. The van der Waals surface area contributed by atoms with E-state index in [4.69, 9.17) is 18.9 Å². The summed E-state index contributed by atoms with van der Waals surface area (Å²) < 4.78 is 28.2. The average molecular weight is 611 g/mol. The second-order valence-electron chi connectivity index (χ2n) is 8.69. The van der Waals surface area contributed by atoms with Crippen molar-refractivity contribution >= 4 is 57.9 Å². The minimum absolute atomic E-state index is 0.0889. The lowest BCUT2D eigenvalue weighted by Gasteiger charge is -2.27. The Balaban J connectivity index is 2.67. The van der Waals surface area contributed by atoms with Crippen LogP contribution in [0.15, 0.2) is 0 Å². The third kappa shape index (κ3) is 15.3. The van der Waals surface area contributed by atoms with Gasteiger partial charge in [0.05, 0.1) is 24.6 Å².